The molecule has 2 N–H and O–H groups in total. The number of hydrogen-bond donors (Lipinski definition) is 2. The Hall–Kier alpha value is -2.57. The van der Waals surface area contributed by atoms with E-state index in [0.29, 0.717) is 38.1 Å². The zero-order valence-corrected chi connectivity index (χ0v) is 15.1. The SMILES string of the molecule is O=C(O)C1CCC1C(=O)N1CCCCC1C(=O)Nc1ccc2c(c1)CCO2. The van der Waals surface area contributed by atoms with Crippen molar-refractivity contribution in [2.45, 2.75) is 44.6 Å². The lowest BCUT2D eigenvalue weighted by atomic mass is 9.72. The highest BCUT2D eigenvalue weighted by Gasteiger charge is 2.45. The van der Waals surface area contributed by atoms with Crippen LogP contribution in [-0.4, -0.2) is 47.0 Å². The summed E-state index contributed by atoms with van der Waals surface area (Å²) >= 11 is 0. The molecule has 1 aromatic carbocycles. The van der Waals surface area contributed by atoms with E-state index in [1.54, 1.807) is 4.90 Å². The van der Waals surface area contributed by atoms with E-state index < -0.39 is 23.8 Å². The molecule has 3 aliphatic rings. The van der Waals surface area contributed by atoms with Crippen molar-refractivity contribution in [2.75, 3.05) is 18.5 Å². The molecule has 4 rings (SSSR count). The number of anilines is 1. The molecule has 1 aliphatic carbocycles. The summed E-state index contributed by atoms with van der Waals surface area (Å²) in [5.41, 5.74) is 1.78. The zero-order valence-electron chi connectivity index (χ0n) is 15.1. The van der Waals surface area contributed by atoms with Gasteiger partial charge in [0.15, 0.2) is 0 Å². The van der Waals surface area contributed by atoms with Crippen molar-refractivity contribution in [3.63, 3.8) is 0 Å². The van der Waals surface area contributed by atoms with Gasteiger partial charge in [-0.15, -0.1) is 0 Å². The average Bonchev–Trinajstić information content (AvgIpc) is 3.08. The number of nitrogens with zero attached hydrogens (tertiary/aromatic N) is 1. The van der Waals surface area contributed by atoms with Crippen LogP contribution in [0.1, 0.15) is 37.7 Å². The highest BCUT2D eigenvalue weighted by atomic mass is 16.5. The van der Waals surface area contributed by atoms with Crippen molar-refractivity contribution in [2.24, 2.45) is 11.8 Å². The lowest BCUT2D eigenvalue weighted by Gasteiger charge is -2.41. The molecule has 0 radical (unpaired) electrons. The molecule has 1 saturated carbocycles. The van der Waals surface area contributed by atoms with Gasteiger partial charge in [-0.05, 0) is 55.9 Å². The number of ether oxygens (including phenoxy) is 1. The van der Waals surface area contributed by atoms with Crippen LogP contribution in [0, 0.1) is 11.8 Å². The van der Waals surface area contributed by atoms with Gasteiger partial charge in [0, 0.05) is 18.7 Å². The van der Waals surface area contributed by atoms with E-state index in [1.165, 1.54) is 0 Å². The normalized spacial score (nSPS) is 26.5. The van der Waals surface area contributed by atoms with Gasteiger partial charge >= 0.3 is 5.97 Å². The Morgan fingerprint density at radius 1 is 1.11 bits per heavy atom. The Balaban J connectivity index is 1.46. The third-order valence-corrected chi connectivity index (χ3v) is 5.95. The average molecular weight is 372 g/mol. The molecule has 27 heavy (non-hydrogen) atoms. The largest absolute Gasteiger partial charge is 0.493 e. The molecule has 7 nitrogen and oxygen atoms in total. The molecule has 0 bridgehead atoms. The van der Waals surface area contributed by atoms with Gasteiger partial charge in [-0.1, -0.05) is 0 Å². The third kappa shape index (κ3) is 3.38. The number of carbonyl (C=O) groups is 3. The molecule has 2 aliphatic heterocycles. The molecule has 3 unspecified atom stereocenters. The molecule has 1 saturated heterocycles. The molecule has 3 atom stereocenters. The van der Waals surface area contributed by atoms with Gasteiger partial charge in [-0.25, -0.2) is 0 Å². The maximum atomic E-state index is 12.9. The first-order valence-corrected chi connectivity index (χ1v) is 9.64. The standard InChI is InChI=1S/C20H24N2O5/c23-18(21-13-4-7-17-12(11-13)8-10-27-17)16-3-1-2-9-22(16)19(24)14-5-6-15(14)20(25)26/h4,7,11,14-16H,1-3,5-6,8-10H2,(H,21,23)(H,25,26). The summed E-state index contributed by atoms with van der Waals surface area (Å²) in [5, 5.41) is 12.2. The van der Waals surface area contributed by atoms with Crippen LogP contribution in [0.3, 0.4) is 0 Å². The van der Waals surface area contributed by atoms with Gasteiger partial charge < -0.3 is 20.1 Å². The van der Waals surface area contributed by atoms with Crippen LogP contribution in [-0.2, 0) is 20.8 Å². The highest BCUT2D eigenvalue weighted by molar-refractivity contribution is 5.98. The molecule has 0 aromatic heterocycles. The molecule has 2 fully saturated rings. The predicted octanol–water partition coefficient (Wildman–Crippen LogP) is 2.05. The van der Waals surface area contributed by atoms with E-state index in [4.69, 9.17) is 4.74 Å². The fraction of sp³-hybridized carbons (Fsp3) is 0.550. The minimum absolute atomic E-state index is 0.184. The van der Waals surface area contributed by atoms with Gasteiger partial charge in [0.2, 0.25) is 11.8 Å². The summed E-state index contributed by atoms with van der Waals surface area (Å²) in [6.45, 7) is 1.17. The lowest BCUT2D eigenvalue weighted by Crippen LogP contribution is -2.55. The topological polar surface area (TPSA) is 95.9 Å². The van der Waals surface area contributed by atoms with Crippen molar-refractivity contribution < 1.29 is 24.2 Å². The lowest BCUT2D eigenvalue weighted by molar-refractivity contribution is -0.159. The van der Waals surface area contributed by atoms with Crippen molar-refractivity contribution in [3.05, 3.63) is 23.8 Å². The number of likely N-dealkylation sites (tertiary alicyclic amines) is 1. The summed E-state index contributed by atoms with van der Waals surface area (Å²) in [6.07, 6.45) is 4.28. The minimum atomic E-state index is -0.919. The fourth-order valence-corrected chi connectivity index (χ4v) is 4.26. The van der Waals surface area contributed by atoms with E-state index in [1.807, 2.05) is 18.2 Å². The van der Waals surface area contributed by atoms with Gasteiger partial charge in [-0.2, -0.15) is 0 Å². The summed E-state index contributed by atoms with van der Waals surface area (Å²) in [5.74, 6) is -1.55. The summed E-state index contributed by atoms with van der Waals surface area (Å²) in [4.78, 5) is 38.6. The summed E-state index contributed by atoms with van der Waals surface area (Å²) < 4.78 is 5.48. The van der Waals surface area contributed by atoms with Crippen molar-refractivity contribution in [1.29, 1.82) is 0 Å². The number of hydrogen-bond acceptors (Lipinski definition) is 4. The monoisotopic (exact) mass is 372 g/mol. The number of amides is 2. The molecule has 2 heterocycles. The maximum Gasteiger partial charge on any atom is 0.307 e. The van der Waals surface area contributed by atoms with Crippen molar-refractivity contribution in [1.82, 2.24) is 4.90 Å². The van der Waals surface area contributed by atoms with Crippen molar-refractivity contribution in [3.8, 4) is 5.75 Å². The number of fused-ring (bicyclic) bond motifs is 1. The molecule has 0 spiro atoms. The second kappa shape index (κ2) is 7.21. The first-order chi connectivity index (χ1) is 13.0. The van der Waals surface area contributed by atoms with E-state index >= 15 is 0 Å². The number of carbonyl (C=O) groups excluding carboxylic acids is 2. The number of carboxylic acid groups (broad SMARTS) is 1. The predicted molar refractivity (Wildman–Crippen MR) is 97.5 cm³/mol. The van der Waals surface area contributed by atoms with E-state index in [9.17, 15) is 19.5 Å². The van der Waals surface area contributed by atoms with Gasteiger partial charge in [-0.3, -0.25) is 14.4 Å². The molecular formula is C20H24N2O5. The number of benzene rings is 1. The molecule has 144 valence electrons. The van der Waals surface area contributed by atoms with E-state index in [0.717, 1.165) is 30.6 Å². The number of nitrogens with one attached hydrogen (secondary N) is 1. The van der Waals surface area contributed by atoms with E-state index in [2.05, 4.69) is 5.32 Å². The molecule has 2 amide bonds. The second-order valence-corrected chi connectivity index (χ2v) is 7.58. The van der Waals surface area contributed by atoms with Gasteiger partial charge in [0.05, 0.1) is 18.4 Å². The molecule has 1 aromatic rings. The van der Waals surface area contributed by atoms with E-state index in [-0.39, 0.29) is 11.8 Å². The highest BCUT2D eigenvalue weighted by Crippen LogP contribution is 2.37. The van der Waals surface area contributed by atoms with Crippen LogP contribution in [0.5, 0.6) is 5.75 Å². The first-order valence-electron chi connectivity index (χ1n) is 9.64. The smallest absolute Gasteiger partial charge is 0.307 e. The summed E-state index contributed by atoms with van der Waals surface area (Å²) in [7, 11) is 0. The first kappa shape index (κ1) is 17.8. The quantitative estimate of drug-likeness (QED) is 0.843. The third-order valence-electron chi connectivity index (χ3n) is 5.95. The molecule has 7 heteroatoms. The number of rotatable bonds is 4. The molecular weight excluding hydrogens is 348 g/mol. The summed E-state index contributed by atoms with van der Waals surface area (Å²) in [6, 6.07) is 5.05. The van der Waals surface area contributed by atoms with Crippen molar-refractivity contribution >= 4 is 23.5 Å². The Bertz CT molecular complexity index is 778. The maximum absolute atomic E-state index is 12.9. The Morgan fingerprint density at radius 3 is 2.67 bits per heavy atom. The van der Waals surface area contributed by atoms with Crippen LogP contribution in [0.15, 0.2) is 18.2 Å². The Labute approximate surface area is 157 Å². The van der Waals surface area contributed by atoms with Gasteiger partial charge in [0.25, 0.3) is 0 Å². The van der Waals surface area contributed by atoms with Crippen LogP contribution in [0.25, 0.3) is 0 Å². The van der Waals surface area contributed by atoms with Gasteiger partial charge in [0.1, 0.15) is 11.8 Å². The van der Waals surface area contributed by atoms with Crippen LogP contribution >= 0.6 is 0 Å². The number of piperidine rings is 1. The zero-order chi connectivity index (χ0) is 19.0. The Kier molecular flexibility index (Phi) is 4.76. The number of aliphatic carboxylic acids is 1. The van der Waals surface area contributed by atoms with Crippen LogP contribution in [0.4, 0.5) is 5.69 Å². The Morgan fingerprint density at radius 2 is 1.93 bits per heavy atom. The number of carboxylic acids is 1. The van der Waals surface area contributed by atoms with Crippen LogP contribution in [0.2, 0.25) is 0 Å². The van der Waals surface area contributed by atoms with Crippen LogP contribution < -0.4 is 10.1 Å². The second-order valence-electron chi connectivity index (χ2n) is 7.58. The fourth-order valence-electron chi connectivity index (χ4n) is 4.26. The minimum Gasteiger partial charge on any atom is -0.493 e.